The fraction of sp³-hybridized carbons (Fsp3) is 0.308. The van der Waals surface area contributed by atoms with Crippen LogP contribution in [0.15, 0.2) is 30.5 Å². The van der Waals surface area contributed by atoms with Gasteiger partial charge in [0, 0.05) is 24.4 Å². The monoisotopic (exact) mass is 251 g/mol. The average Bonchev–Trinajstić information content (AvgIpc) is 2.77. The van der Waals surface area contributed by atoms with Gasteiger partial charge in [0.2, 0.25) is 0 Å². The van der Waals surface area contributed by atoms with Gasteiger partial charge in [0.15, 0.2) is 0 Å². The highest BCUT2D eigenvalue weighted by molar-refractivity contribution is 5.19. The molecule has 0 atom stereocenters. The van der Waals surface area contributed by atoms with Gasteiger partial charge in [-0.05, 0) is 18.7 Å². The second-order valence-corrected chi connectivity index (χ2v) is 4.00. The number of nitrogens with zero attached hydrogens (tertiary/aromatic N) is 2. The SMILES string of the molecule is CCNCc1ccnn1Cc1ccc(F)cc1F. The maximum absolute atomic E-state index is 13.5. The number of aromatic nitrogens is 2. The molecule has 1 aromatic heterocycles. The third kappa shape index (κ3) is 2.92. The van der Waals surface area contributed by atoms with Crippen LogP contribution in [0.2, 0.25) is 0 Å². The third-order valence-corrected chi connectivity index (χ3v) is 2.70. The molecule has 1 aromatic carbocycles. The van der Waals surface area contributed by atoms with Crippen molar-refractivity contribution in [1.29, 1.82) is 0 Å². The summed E-state index contributed by atoms with van der Waals surface area (Å²) < 4.78 is 28.0. The lowest BCUT2D eigenvalue weighted by Gasteiger charge is -2.08. The van der Waals surface area contributed by atoms with Crippen molar-refractivity contribution in [3.63, 3.8) is 0 Å². The molecule has 0 bridgehead atoms. The summed E-state index contributed by atoms with van der Waals surface area (Å²) in [7, 11) is 0. The summed E-state index contributed by atoms with van der Waals surface area (Å²) in [5, 5.41) is 7.33. The van der Waals surface area contributed by atoms with Crippen molar-refractivity contribution in [3.05, 3.63) is 53.4 Å². The molecule has 0 aliphatic rings. The van der Waals surface area contributed by atoms with Crippen LogP contribution in [0, 0.1) is 11.6 Å². The number of nitrogens with one attached hydrogen (secondary N) is 1. The highest BCUT2D eigenvalue weighted by Crippen LogP contribution is 2.12. The Morgan fingerprint density at radius 1 is 1.28 bits per heavy atom. The fourth-order valence-electron chi connectivity index (χ4n) is 1.72. The van der Waals surface area contributed by atoms with E-state index in [0.717, 1.165) is 18.3 Å². The van der Waals surface area contributed by atoms with Gasteiger partial charge < -0.3 is 5.32 Å². The molecule has 96 valence electrons. The predicted molar refractivity (Wildman–Crippen MR) is 65.1 cm³/mol. The van der Waals surface area contributed by atoms with E-state index in [-0.39, 0.29) is 0 Å². The summed E-state index contributed by atoms with van der Waals surface area (Å²) in [5.74, 6) is -1.11. The van der Waals surface area contributed by atoms with E-state index < -0.39 is 11.6 Å². The van der Waals surface area contributed by atoms with E-state index in [4.69, 9.17) is 0 Å². The number of benzene rings is 1. The minimum atomic E-state index is -0.565. The van der Waals surface area contributed by atoms with Gasteiger partial charge in [0.25, 0.3) is 0 Å². The molecule has 2 rings (SSSR count). The van der Waals surface area contributed by atoms with Crippen molar-refractivity contribution in [1.82, 2.24) is 15.1 Å². The smallest absolute Gasteiger partial charge is 0.131 e. The minimum absolute atomic E-state index is 0.305. The topological polar surface area (TPSA) is 29.9 Å². The molecular formula is C13H15F2N3. The van der Waals surface area contributed by atoms with Crippen LogP contribution in [0.1, 0.15) is 18.2 Å². The lowest BCUT2D eigenvalue weighted by atomic mass is 10.2. The van der Waals surface area contributed by atoms with Gasteiger partial charge in [-0.1, -0.05) is 13.0 Å². The van der Waals surface area contributed by atoms with Crippen molar-refractivity contribution in [3.8, 4) is 0 Å². The van der Waals surface area contributed by atoms with Gasteiger partial charge in [0.05, 0.1) is 12.2 Å². The first-order valence-electron chi connectivity index (χ1n) is 5.86. The molecule has 1 N–H and O–H groups in total. The van der Waals surface area contributed by atoms with Crippen LogP contribution in [0.3, 0.4) is 0 Å². The van der Waals surface area contributed by atoms with E-state index >= 15 is 0 Å². The van der Waals surface area contributed by atoms with E-state index in [0.29, 0.717) is 18.7 Å². The molecule has 18 heavy (non-hydrogen) atoms. The van der Waals surface area contributed by atoms with E-state index in [2.05, 4.69) is 10.4 Å². The van der Waals surface area contributed by atoms with Crippen molar-refractivity contribution in [2.24, 2.45) is 0 Å². The Bertz CT molecular complexity index is 523. The maximum Gasteiger partial charge on any atom is 0.131 e. The number of hydrogen-bond acceptors (Lipinski definition) is 2. The van der Waals surface area contributed by atoms with Gasteiger partial charge >= 0.3 is 0 Å². The van der Waals surface area contributed by atoms with Crippen LogP contribution in [-0.4, -0.2) is 16.3 Å². The Morgan fingerprint density at radius 3 is 2.83 bits per heavy atom. The average molecular weight is 251 g/mol. The quantitative estimate of drug-likeness (QED) is 0.883. The van der Waals surface area contributed by atoms with E-state index in [9.17, 15) is 8.78 Å². The lowest BCUT2D eigenvalue weighted by molar-refractivity contribution is 0.547. The summed E-state index contributed by atoms with van der Waals surface area (Å²) in [6.45, 7) is 3.86. The molecule has 0 spiro atoms. The van der Waals surface area contributed by atoms with Crippen LogP contribution < -0.4 is 5.32 Å². The van der Waals surface area contributed by atoms with E-state index in [1.807, 2.05) is 13.0 Å². The zero-order valence-corrected chi connectivity index (χ0v) is 10.2. The van der Waals surface area contributed by atoms with Crippen LogP contribution in [0.25, 0.3) is 0 Å². The largest absolute Gasteiger partial charge is 0.311 e. The van der Waals surface area contributed by atoms with Crippen LogP contribution in [0.5, 0.6) is 0 Å². The van der Waals surface area contributed by atoms with Crippen molar-refractivity contribution in [2.75, 3.05) is 6.54 Å². The number of rotatable bonds is 5. The zero-order valence-electron chi connectivity index (χ0n) is 10.2. The predicted octanol–water partition coefficient (Wildman–Crippen LogP) is 2.32. The molecule has 0 amide bonds. The van der Waals surface area contributed by atoms with Gasteiger partial charge in [-0.2, -0.15) is 5.10 Å². The first-order chi connectivity index (χ1) is 8.70. The first kappa shape index (κ1) is 12.7. The zero-order chi connectivity index (χ0) is 13.0. The molecule has 0 unspecified atom stereocenters. The summed E-state index contributed by atoms with van der Waals surface area (Å²) >= 11 is 0. The lowest BCUT2D eigenvalue weighted by Crippen LogP contribution is -2.16. The molecule has 0 saturated carbocycles. The number of halogens is 2. The summed E-state index contributed by atoms with van der Waals surface area (Å²) in [6.07, 6.45) is 1.67. The van der Waals surface area contributed by atoms with Crippen molar-refractivity contribution >= 4 is 0 Å². The highest BCUT2D eigenvalue weighted by atomic mass is 19.1. The van der Waals surface area contributed by atoms with Crippen LogP contribution >= 0.6 is 0 Å². The molecule has 2 aromatic rings. The van der Waals surface area contributed by atoms with Gasteiger partial charge in [-0.3, -0.25) is 4.68 Å². The summed E-state index contributed by atoms with van der Waals surface area (Å²) in [5.41, 5.74) is 1.40. The Hall–Kier alpha value is -1.75. The summed E-state index contributed by atoms with van der Waals surface area (Å²) in [6, 6.07) is 5.47. The van der Waals surface area contributed by atoms with E-state index in [1.54, 1.807) is 10.9 Å². The second-order valence-electron chi connectivity index (χ2n) is 4.00. The molecule has 0 aliphatic heterocycles. The van der Waals surface area contributed by atoms with E-state index in [1.165, 1.54) is 12.1 Å². The molecule has 1 heterocycles. The maximum atomic E-state index is 13.5. The Balaban J connectivity index is 2.15. The van der Waals surface area contributed by atoms with Crippen LogP contribution in [-0.2, 0) is 13.1 Å². The molecule has 0 fully saturated rings. The Labute approximate surface area is 104 Å². The van der Waals surface area contributed by atoms with Crippen molar-refractivity contribution < 1.29 is 8.78 Å². The normalized spacial score (nSPS) is 10.8. The van der Waals surface area contributed by atoms with Crippen molar-refractivity contribution in [2.45, 2.75) is 20.0 Å². The minimum Gasteiger partial charge on any atom is -0.311 e. The van der Waals surface area contributed by atoms with Crippen LogP contribution in [0.4, 0.5) is 8.78 Å². The third-order valence-electron chi connectivity index (χ3n) is 2.70. The van der Waals surface area contributed by atoms with Gasteiger partial charge in [0.1, 0.15) is 11.6 Å². The first-order valence-corrected chi connectivity index (χ1v) is 5.86. The molecule has 0 radical (unpaired) electrons. The Morgan fingerprint density at radius 2 is 2.11 bits per heavy atom. The van der Waals surface area contributed by atoms with Gasteiger partial charge in [-0.15, -0.1) is 0 Å². The second kappa shape index (κ2) is 5.73. The molecule has 0 saturated heterocycles. The fourth-order valence-corrected chi connectivity index (χ4v) is 1.72. The number of hydrogen-bond donors (Lipinski definition) is 1. The standard InChI is InChI=1S/C13H15F2N3/c1-2-16-8-12-5-6-17-18(12)9-10-3-4-11(14)7-13(10)15/h3-7,16H,2,8-9H2,1H3. The molecule has 0 aliphatic carbocycles. The highest BCUT2D eigenvalue weighted by Gasteiger charge is 2.07. The molecule has 5 heteroatoms. The van der Waals surface area contributed by atoms with Gasteiger partial charge in [-0.25, -0.2) is 8.78 Å². The Kier molecular flexibility index (Phi) is 4.04. The summed E-state index contributed by atoms with van der Waals surface area (Å²) in [4.78, 5) is 0. The molecule has 3 nitrogen and oxygen atoms in total. The molecular weight excluding hydrogens is 236 g/mol.